The molecule has 0 radical (unpaired) electrons. The monoisotopic (exact) mass is 302 g/mol. The van der Waals surface area contributed by atoms with E-state index in [1.165, 1.54) is 0 Å². The average Bonchev–Trinajstić information content (AvgIpc) is 2.85. The van der Waals surface area contributed by atoms with Crippen LogP contribution in [-0.2, 0) is 11.3 Å². The van der Waals surface area contributed by atoms with Gasteiger partial charge in [0.1, 0.15) is 0 Å². The highest BCUT2D eigenvalue weighted by Crippen LogP contribution is 2.22. The lowest BCUT2D eigenvalue weighted by atomic mass is 9.90. The molecule has 0 aliphatic heterocycles. The molecule has 0 unspecified atom stereocenters. The summed E-state index contributed by atoms with van der Waals surface area (Å²) >= 11 is 0. The maximum atomic E-state index is 12.4. The van der Waals surface area contributed by atoms with Crippen molar-refractivity contribution in [1.29, 1.82) is 0 Å². The number of nitrogens with zero attached hydrogens (tertiary/aromatic N) is 1. The van der Waals surface area contributed by atoms with E-state index in [4.69, 9.17) is 5.11 Å². The third-order valence-corrected chi connectivity index (χ3v) is 3.99. The average molecular weight is 302 g/mol. The second-order valence-corrected chi connectivity index (χ2v) is 6.04. The number of hydrogen-bond donors (Lipinski definition) is 2. The number of aliphatic carboxylic acids is 1. The van der Waals surface area contributed by atoms with E-state index in [1.807, 2.05) is 42.0 Å². The van der Waals surface area contributed by atoms with Crippen molar-refractivity contribution in [3.63, 3.8) is 0 Å². The highest BCUT2D eigenvalue weighted by atomic mass is 16.4. The van der Waals surface area contributed by atoms with Crippen LogP contribution in [0.5, 0.6) is 0 Å². The third kappa shape index (κ3) is 3.13. The van der Waals surface area contributed by atoms with E-state index in [1.54, 1.807) is 13.8 Å². The molecule has 118 valence electrons. The Morgan fingerprint density at radius 2 is 1.95 bits per heavy atom. The van der Waals surface area contributed by atoms with Gasteiger partial charge in [-0.2, -0.15) is 0 Å². The van der Waals surface area contributed by atoms with E-state index in [2.05, 4.69) is 5.32 Å². The van der Waals surface area contributed by atoms with Crippen molar-refractivity contribution in [1.82, 2.24) is 9.88 Å². The van der Waals surface area contributed by atoms with Crippen LogP contribution >= 0.6 is 0 Å². The number of aromatic nitrogens is 1. The molecule has 1 amide bonds. The molecule has 1 heterocycles. The van der Waals surface area contributed by atoms with Gasteiger partial charge >= 0.3 is 5.97 Å². The van der Waals surface area contributed by atoms with Crippen LogP contribution in [0.25, 0.3) is 10.9 Å². The van der Waals surface area contributed by atoms with Crippen LogP contribution in [0, 0.1) is 5.41 Å². The van der Waals surface area contributed by atoms with E-state index in [0.29, 0.717) is 18.5 Å². The lowest BCUT2D eigenvalue weighted by Gasteiger charge is -2.18. The van der Waals surface area contributed by atoms with Crippen LogP contribution in [-0.4, -0.2) is 28.1 Å². The van der Waals surface area contributed by atoms with Gasteiger partial charge in [0.05, 0.1) is 11.0 Å². The molecular formula is C17H22N2O3. The molecule has 22 heavy (non-hydrogen) atoms. The summed E-state index contributed by atoms with van der Waals surface area (Å²) in [7, 11) is 0. The fourth-order valence-corrected chi connectivity index (χ4v) is 2.38. The number of amides is 1. The number of hydrogen-bond acceptors (Lipinski definition) is 2. The molecule has 0 saturated carbocycles. The molecule has 0 spiro atoms. The Balaban J connectivity index is 2.12. The predicted molar refractivity (Wildman–Crippen MR) is 86.0 cm³/mol. The van der Waals surface area contributed by atoms with Gasteiger partial charge in [-0.15, -0.1) is 0 Å². The molecule has 2 N–H and O–H groups in total. The van der Waals surface area contributed by atoms with E-state index in [-0.39, 0.29) is 5.91 Å². The van der Waals surface area contributed by atoms with Crippen molar-refractivity contribution in [2.75, 3.05) is 6.54 Å². The Labute approximate surface area is 129 Å². The summed E-state index contributed by atoms with van der Waals surface area (Å²) in [6.45, 7) is 6.47. The highest BCUT2D eigenvalue weighted by molar-refractivity contribution is 6.07. The van der Waals surface area contributed by atoms with Crippen molar-refractivity contribution in [2.45, 2.75) is 33.7 Å². The summed E-state index contributed by atoms with van der Waals surface area (Å²) in [5.41, 5.74) is 0.816. The molecular weight excluding hydrogens is 280 g/mol. The van der Waals surface area contributed by atoms with Gasteiger partial charge in [-0.1, -0.05) is 18.2 Å². The molecule has 0 aliphatic carbocycles. The number of nitrogens with one attached hydrogen (secondary N) is 1. The van der Waals surface area contributed by atoms with Crippen molar-refractivity contribution in [3.05, 3.63) is 36.0 Å². The van der Waals surface area contributed by atoms with Gasteiger partial charge in [-0.05, 0) is 33.3 Å². The molecule has 2 aromatic rings. The lowest BCUT2D eigenvalue weighted by Crippen LogP contribution is -2.31. The summed E-state index contributed by atoms with van der Waals surface area (Å²) < 4.78 is 2.03. The summed E-state index contributed by atoms with van der Waals surface area (Å²) in [5.74, 6) is -1.02. The molecule has 0 bridgehead atoms. The first kappa shape index (κ1) is 16.1. The smallest absolute Gasteiger partial charge is 0.309 e. The van der Waals surface area contributed by atoms with Gasteiger partial charge in [-0.25, -0.2) is 0 Å². The van der Waals surface area contributed by atoms with Gasteiger partial charge in [0.2, 0.25) is 0 Å². The number of rotatable bonds is 6. The summed E-state index contributed by atoms with van der Waals surface area (Å²) in [5, 5.41) is 12.8. The minimum atomic E-state index is -0.857. The second kappa shape index (κ2) is 6.22. The number of para-hydroxylation sites is 1. The first-order valence-electron chi connectivity index (χ1n) is 7.46. The van der Waals surface area contributed by atoms with E-state index < -0.39 is 11.4 Å². The minimum absolute atomic E-state index is 0.162. The second-order valence-electron chi connectivity index (χ2n) is 6.04. The number of carboxylic acids is 1. The Hall–Kier alpha value is -2.30. The molecule has 1 aromatic heterocycles. The maximum Gasteiger partial charge on any atom is 0.309 e. The summed E-state index contributed by atoms with van der Waals surface area (Å²) in [4.78, 5) is 23.4. The topological polar surface area (TPSA) is 71.3 Å². The fraction of sp³-hybridized carbons (Fsp3) is 0.412. The van der Waals surface area contributed by atoms with Gasteiger partial charge in [0.15, 0.2) is 0 Å². The van der Waals surface area contributed by atoms with E-state index in [0.717, 1.165) is 17.4 Å². The third-order valence-electron chi connectivity index (χ3n) is 3.99. The van der Waals surface area contributed by atoms with Gasteiger partial charge in [0.25, 0.3) is 5.91 Å². The van der Waals surface area contributed by atoms with Crippen LogP contribution in [0.3, 0.4) is 0 Å². The quantitative estimate of drug-likeness (QED) is 0.862. The number of benzene rings is 1. The fourth-order valence-electron chi connectivity index (χ4n) is 2.38. The first-order valence-corrected chi connectivity index (χ1v) is 7.46. The zero-order valence-corrected chi connectivity index (χ0v) is 13.2. The van der Waals surface area contributed by atoms with Gasteiger partial charge in [0, 0.05) is 30.2 Å². The number of carbonyl (C=O) groups excluding carboxylic acids is 1. The van der Waals surface area contributed by atoms with Crippen LogP contribution in [0.2, 0.25) is 0 Å². The van der Waals surface area contributed by atoms with E-state index >= 15 is 0 Å². The molecule has 5 nitrogen and oxygen atoms in total. The number of carboxylic acid groups (broad SMARTS) is 1. The Morgan fingerprint density at radius 3 is 2.59 bits per heavy atom. The van der Waals surface area contributed by atoms with Gasteiger partial charge in [-0.3, -0.25) is 9.59 Å². The number of carbonyl (C=O) groups is 2. The SMILES string of the molecule is CCn1cc(C(=O)NCCC(C)(C)C(=O)O)c2ccccc21. The summed E-state index contributed by atoms with van der Waals surface area (Å²) in [6.07, 6.45) is 2.24. The standard InChI is InChI=1S/C17H22N2O3/c1-4-19-11-13(12-7-5-6-8-14(12)19)15(20)18-10-9-17(2,3)16(21)22/h5-8,11H,4,9-10H2,1-3H3,(H,18,20)(H,21,22). The van der Waals surface area contributed by atoms with Crippen molar-refractivity contribution in [2.24, 2.45) is 5.41 Å². The van der Waals surface area contributed by atoms with Crippen molar-refractivity contribution < 1.29 is 14.7 Å². The molecule has 0 fully saturated rings. The molecule has 0 atom stereocenters. The Kier molecular flexibility index (Phi) is 4.54. The largest absolute Gasteiger partial charge is 0.481 e. The molecule has 5 heteroatoms. The summed E-state index contributed by atoms with van der Waals surface area (Å²) in [6, 6.07) is 7.78. The highest BCUT2D eigenvalue weighted by Gasteiger charge is 2.26. The Bertz CT molecular complexity index is 701. The molecule has 0 saturated heterocycles. The number of fused-ring (bicyclic) bond motifs is 1. The van der Waals surface area contributed by atoms with Crippen LogP contribution in [0.15, 0.2) is 30.5 Å². The minimum Gasteiger partial charge on any atom is -0.481 e. The Morgan fingerprint density at radius 1 is 1.27 bits per heavy atom. The van der Waals surface area contributed by atoms with Gasteiger partial charge < -0.3 is 15.0 Å². The zero-order chi connectivity index (χ0) is 16.3. The molecule has 2 rings (SSSR count). The first-order chi connectivity index (χ1) is 10.4. The van der Waals surface area contributed by atoms with Crippen LogP contribution in [0.4, 0.5) is 0 Å². The zero-order valence-electron chi connectivity index (χ0n) is 13.2. The van der Waals surface area contributed by atoms with Crippen LogP contribution in [0.1, 0.15) is 37.6 Å². The normalized spacial score (nSPS) is 11.6. The predicted octanol–water partition coefficient (Wildman–Crippen LogP) is 2.89. The number of aryl methyl sites for hydroxylation is 1. The maximum absolute atomic E-state index is 12.4. The van der Waals surface area contributed by atoms with Crippen LogP contribution < -0.4 is 5.32 Å². The van der Waals surface area contributed by atoms with Crippen molar-refractivity contribution >= 4 is 22.8 Å². The lowest BCUT2D eigenvalue weighted by molar-refractivity contribution is -0.147. The van der Waals surface area contributed by atoms with Crippen molar-refractivity contribution in [3.8, 4) is 0 Å². The molecule has 0 aliphatic rings. The van der Waals surface area contributed by atoms with E-state index in [9.17, 15) is 9.59 Å². The molecule has 1 aromatic carbocycles.